The van der Waals surface area contributed by atoms with Gasteiger partial charge in [0, 0.05) is 12.6 Å². The van der Waals surface area contributed by atoms with E-state index in [1.807, 2.05) is 0 Å². The monoisotopic (exact) mass is 209 g/mol. The average Bonchev–Trinajstić information content (AvgIpc) is 2.69. The van der Waals surface area contributed by atoms with Gasteiger partial charge >= 0.3 is 11.8 Å². The lowest BCUT2D eigenvalue weighted by atomic mass is 10.1. The number of hydrogen-bond donors (Lipinski definition) is 2. The maximum absolute atomic E-state index is 10.6. The van der Waals surface area contributed by atoms with Gasteiger partial charge < -0.3 is 15.3 Å². The van der Waals surface area contributed by atoms with Gasteiger partial charge in [0.25, 0.3) is 0 Å². The van der Waals surface area contributed by atoms with Gasteiger partial charge in [0.15, 0.2) is 0 Å². The summed E-state index contributed by atoms with van der Waals surface area (Å²) in [6, 6.07) is -0.918. The predicted molar refractivity (Wildman–Crippen MR) is 51.5 cm³/mol. The third-order valence-corrected chi connectivity index (χ3v) is 2.29. The molecule has 3 N–H and O–H groups in total. The number of aliphatic carboxylic acids is 1. The first kappa shape index (κ1) is 9.72. The fourth-order valence-electron chi connectivity index (χ4n) is 1.48. The molecule has 0 aromatic carbocycles. The smallest absolute Gasteiger partial charge is 0.320 e. The molecular formula is C9H11N3O3. The normalized spacial score (nSPS) is 13.2. The van der Waals surface area contributed by atoms with Crippen molar-refractivity contribution >= 4 is 11.8 Å². The molecule has 2 aromatic heterocycles. The fourth-order valence-corrected chi connectivity index (χ4v) is 1.48. The number of nitrogens with zero attached hydrogens (tertiary/aromatic N) is 2. The van der Waals surface area contributed by atoms with Gasteiger partial charge in [0.1, 0.15) is 12.3 Å². The molecule has 0 fully saturated rings. The molecule has 0 aliphatic carbocycles. The van der Waals surface area contributed by atoms with Crippen LogP contribution >= 0.6 is 0 Å². The number of fused-ring (bicyclic) bond motifs is 1. The molecule has 0 spiro atoms. The molecule has 1 atom stereocenters. The van der Waals surface area contributed by atoms with E-state index in [2.05, 4.69) is 4.98 Å². The standard InChI is InChI=1S/C9H11N3O3/c1-5-7(4-6(10)8(13)14)12-2-3-15-9(12)11-5/h2-3,6H,4,10H2,1H3,(H,13,14). The van der Waals surface area contributed by atoms with Crippen LogP contribution in [0.2, 0.25) is 0 Å². The molecule has 0 bridgehead atoms. The van der Waals surface area contributed by atoms with Crippen molar-refractivity contribution in [1.29, 1.82) is 0 Å². The van der Waals surface area contributed by atoms with E-state index in [1.165, 1.54) is 6.26 Å². The highest BCUT2D eigenvalue weighted by molar-refractivity contribution is 5.73. The number of aryl methyl sites for hydroxylation is 1. The Kier molecular flexibility index (Phi) is 2.20. The van der Waals surface area contributed by atoms with Crippen LogP contribution in [0.1, 0.15) is 11.4 Å². The van der Waals surface area contributed by atoms with Gasteiger partial charge in [-0.3, -0.25) is 9.20 Å². The number of carboxylic acid groups (broad SMARTS) is 1. The lowest BCUT2D eigenvalue weighted by Crippen LogP contribution is -2.32. The molecule has 0 aliphatic heterocycles. The Morgan fingerprint density at radius 3 is 3.20 bits per heavy atom. The minimum Gasteiger partial charge on any atom is -0.480 e. The number of carbonyl (C=O) groups is 1. The Morgan fingerprint density at radius 2 is 2.53 bits per heavy atom. The van der Waals surface area contributed by atoms with Gasteiger partial charge in [-0.15, -0.1) is 0 Å². The van der Waals surface area contributed by atoms with Crippen LogP contribution in [0.4, 0.5) is 0 Å². The quantitative estimate of drug-likeness (QED) is 0.752. The molecule has 15 heavy (non-hydrogen) atoms. The molecule has 6 nitrogen and oxygen atoms in total. The number of carboxylic acids is 1. The fraction of sp³-hybridized carbons (Fsp3) is 0.333. The van der Waals surface area contributed by atoms with Crippen LogP contribution in [-0.4, -0.2) is 26.5 Å². The van der Waals surface area contributed by atoms with E-state index in [-0.39, 0.29) is 6.42 Å². The van der Waals surface area contributed by atoms with Crippen molar-refractivity contribution < 1.29 is 14.3 Å². The Bertz CT molecular complexity index is 500. The molecule has 1 unspecified atom stereocenters. The van der Waals surface area contributed by atoms with Gasteiger partial charge in [-0.1, -0.05) is 0 Å². The van der Waals surface area contributed by atoms with Crippen LogP contribution < -0.4 is 5.73 Å². The van der Waals surface area contributed by atoms with Crippen LogP contribution in [0.15, 0.2) is 16.9 Å². The summed E-state index contributed by atoms with van der Waals surface area (Å²) in [6.45, 7) is 1.80. The van der Waals surface area contributed by atoms with Gasteiger partial charge in [-0.2, -0.15) is 4.98 Å². The topological polar surface area (TPSA) is 93.8 Å². The second-order valence-corrected chi connectivity index (χ2v) is 3.35. The number of rotatable bonds is 3. The van der Waals surface area contributed by atoms with Gasteiger partial charge in [0.05, 0.1) is 11.4 Å². The number of imidazole rings is 1. The summed E-state index contributed by atoms with van der Waals surface area (Å²) in [5.74, 6) is -0.562. The predicted octanol–water partition coefficient (Wildman–Crippen LogP) is 0.190. The second kappa shape index (κ2) is 3.39. The van der Waals surface area contributed by atoms with Crippen molar-refractivity contribution in [2.45, 2.75) is 19.4 Å². The molecule has 2 aromatic rings. The van der Waals surface area contributed by atoms with Crippen LogP contribution in [-0.2, 0) is 11.2 Å². The van der Waals surface area contributed by atoms with Gasteiger partial charge in [-0.05, 0) is 6.92 Å². The molecule has 0 aliphatic rings. The molecule has 0 saturated carbocycles. The lowest BCUT2D eigenvalue weighted by molar-refractivity contribution is -0.138. The van der Waals surface area contributed by atoms with Crippen molar-refractivity contribution in [3.05, 3.63) is 23.8 Å². The molecule has 6 heteroatoms. The first-order valence-corrected chi connectivity index (χ1v) is 4.49. The van der Waals surface area contributed by atoms with Crippen LogP contribution in [0.3, 0.4) is 0 Å². The van der Waals surface area contributed by atoms with Gasteiger partial charge in [0.2, 0.25) is 0 Å². The van der Waals surface area contributed by atoms with E-state index < -0.39 is 12.0 Å². The molecule has 2 rings (SSSR count). The van der Waals surface area contributed by atoms with Crippen LogP contribution in [0.5, 0.6) is 0 Å². The number of hydrogen-bond acceptors (Lipinski definition) is 4. The Morgan fingerprint density at radius 1 is 1.80 bits per heavy atom. The zero-order valence-electron chi connectivity index (χ0n) is 8.17. The largest absolute Gasteiger partial charge is 0.480 e. The highest BCUT2D eigenvalue weighted by atomic mass is 16.4. The zero-order chi connectivity index (χ0) is 11.0. The van der Waals surface area contributed by atoms with E-state index in [0.29, 0.717) is 5.84 Å². The molecular weight excluding hydrogens is 198 g/mol. The third-order valence-electron chi connectivity index (χ3n) is 2.29. The summed E-state index contributed by atoms with van der Waals surface area (Å²) in [5, 5.41) is 8.72. The zero-order valence-corrected chi connectivity index (χ0v) is 8.17. The van der Waals surface area contributed by atoms with Crippen molar-refractivity contribution in [3.63, 3.8) is 0 Å². The molecule has 0 amide bonds. The minimum atomic E-state index is -1.02. The van der Waals surface area contributed by atoms with Gasteiger partial charge in [-0.25, -0.2) is 0 Å². The number of aromatic nitrogens is 2. The highest BCUT2D eigenvalue weighted by Gasteiger charge is 2.18. The van der Waals surface area contributed by atoms with Crippen molar-refractivity contribution in [1.82, 2.24) is 9.38 Å². The molecule has 0 saturated heterocycles. The van der Waals surface area contributed by atoms with E-state index in [4.69, 9.17) is 15.3 Å². The number of nitrogens with two attached hydrogens (primary N) is 1. The Balaban J connectivity index is 2.37. The summed E-state index contributed by atoms with van der Waals surface area (Å²) >= 11 is 0. The molecule has 80 valence electrons. The van der Waals surface area contributed by atoms with E-state index in [9.17, 15) is 4.79 Å². The summed E-state index contributed by atoms with van der Waals surface area (Å²) in [7, 11) is 0. The van der Waals surface area contributed by atoms with Crippen molar-refractivity contribution in [2.24, 2.45) is 5.73 Å². The van der Waals surface area contributed by atoms with Crippen molar-refractivity contribution in [3.8, 4) is 0 Å². The second-order valence-electron chi connectivity index (χ2n) is 3.35. The first-order valence-electron chi connectivity index (χ1n) is 4.49. The maximum atomic E-state index is 10.6. The van der Waals surface area contributed by atoms with Crippen molar-refractivity contribution in [2.75, 3.05) is 0 Å². The summed E-state index contributed by atoms with van der Waals surface area (Å²) in [4.78, 5) is 14.8. The first-order chi connectivity index (χ1) is 7.09. The van der Waals surface area contributed by atoms with E-state index >= 15 is 0 Å². The third kappa shape index (κ3) is 1.59. The Hall–Kier alpha value is -1.82. The number of oxazole rings is 1. The van der Waals surface area contributed by atoms with E-state index in [0.717, 1.165) is 11.4 Å². The minimum absolute atomic E-state index is 0.238. The molecule has 2 heterocycles. The summed E-state index contributed by atoms with van der Waals surface area (Å²) in [6.07, 6.45) is 3.43. The van der Waals surface area contributed by atoms with Crippen LogP contribution in [0.25, 0.3) is 5.84 Å². The summed E-state index contributed by atoms with van der Waals surface area (Å²) < 4.78 is 6.79. The Labute approximate surface area is 85.3 Å². The highest BCUT2D eigenvalue weighted by Crippen LogP contribution is 2.13. The lowest BCUT2D eigenvalue weighted by Gasteiger charge is -2.05. The average molecular weight is 209 g/mol. The SMILES string of the molecule is Cc1nc2occn2c1CC(N)C(=O)O. The maximum Gasteiger partial charge on any atom is 0.320 e. The van der Waals surface area contributed by atoms with E-state index in [1.54, 1.807) is 17.5 Å². The summed E-state index contributed by atoms with van der Waals surface area (Å²) in [5.41, 5.74) is 6.98. The van der Waals surface area contributed by atoms with Crippen LogP contribution in [0, 0.1) is 6.92 Å². The molecule has 0 radical (unpaired) electrons.